The van der Waals surface area contributed by atoms with Gasteiger partial charge >= 0.3 is 0 Å². The molecule has 3 N–H and O–H groups in total. The second-order valence-electron chi connectivity index (χ2n) is 7.88. The average Bonchev–Trinajstić information content (AvgIpc) is 3.02. The van der Waals surface area contributed by atoms with E-state index in [9.17, 15) is 14.7 Å². The Kier molecular flexibility index (Phi) is 5.52. The quantitative estimate of drug-likeness (QED) is 0.676. The Hall–Kier alpha value is -2.16. The van der Waals surface area contributed by atoms with E-state index in [4.69, 9.17) is 4.74 Å². The van der Waals surface area contributed by atoms with Crippen molar-refractivity contribution in [1.82, 2.24) is 20.7 Å². The Bertz CT molecular complexity index is 743. The van der Waals surface area contributed by atoms with Crippen LogP contribution in [0.1, 0.15) is 30.9 Å². The molecule has 4 saturated heterocycles. The van der Waals surface area contributed by atoms with Gasteiger partial charge in [0.2, 0.25) is 11.8 Å². The number of hydrazine groups is 1. The number of hydrogen-bond acceptors (Lipinski definition) is 6. The molecule has 28 heavy (non-hydrogen) atoms. The molecule has 2 bridgehead atoms. The molecule has 4 aliphatic rings. The number of carbonyl (C=O) groups is 2. The first-order valence-electron chi connectivity index (χ1n) is 9.95. The van der Waals surface area contributed by atoms with Crippen LogP contribution in [-0.2, 0) is 14.3 Å². The first-order chi connectivity index (χ1) is 13.6. The second-order valence-corrected chi connectivity index (χ2v) is 7.88. The van der Waals surface area contributed by atoms with Crippen LogP contribution in [-0.4, -0.2) is 72.2 Å². The molecule has 0 saturated carbocycles. The van der Waals surface area contributed by atoms with Crippen LogP contribution in [0.5, 0.6) is 5.75 Å². The average molecular weight is 388 g/mol. The number of phenols is 1. The summed E-state index contributed by atoms with van der Waals surface area (Å²) in [5, 5.41) is 10.1. The lowest BCUT2D eigenvalue weighted by atomic mass is 9.94. The van der Waals surface area contributed by atoms with Crippen LogP contribution in [0.2, 0.25) is 0 Å². The van der Waals surface area contributed by atoms with E-state index in [1.165, 1.54) is 0 Å². The number of phenolic OH excluding ortho intramolecular Hbond substituents is 1. The van der Waals surface area contributed by atoms with E-state index in [-0.39, 0.29) is 41.6 Å². The fourth-order valence-corrected chi connectivity index (χ4v) is 4.63. The van der Waals surface area contributed by atoms with Crippen molar-refractivity contribution in [3.8, 4) is 5.75 Å². The highest BCUT2D eigenvalue weighted by Gasteiger charge is 2.43. The second kappa shape index (κ2) is 8.06. The standard InChI is InChI=1S/C20H28N4O4/c1-28-9-8-24-14-7-6-13(19(24)26)11-23(12-14)20(27)17-10-16(21-22-17)15-4-2-3-5-18(15)25/h2-5,13-14,16-17,21-22,25H,6-12H2,1H3/t13-,14+,16?,17?/m1/s1. The van der Waals surface area contributed by atoms with Crippen molar-refractivity contribution in [1.29, 1.82) is 0 Å². The Morgan fingerprint density at radius 3 is 2.86 bits per heavy atom. The van der Waals surface area contributed by atoms with E-state index < -0.39 is 0 Å². The SMILES string of the molecule is COCCN1C(=O)[C@@H]2CC[C@H]1CN(C(=O)C1CC(c3ccccc3O)NN1)C2. The van der Waals surface area contributed by atoms with Crippen molar-refractivity contribution in [2.24, 2.45) is 5.92 Å². The number of carbonyl (C=O) groups excluding carboxylic acids is 2. The molecular formula is C20H28N4O4. The van der Waals surface area contributed by atoms with Crippen molar-refractivity contribution in [3.63, 3.8) is 0 Å². The Balaban J connectivity index is 1.43. The molecule has 8 nitrogen and oxygen atoms in total. The van der Waals surface area contributed by atoms with Gasteiger partial charge in [0, 0.05) is 38.3 Å². The zero-order valence-corrected chi connectivity index (χ0v) is 16.1. The Labute approximate surface area is 164 Å². The van der Waals surface area contributed by atoms with Crippen molar-refractivity contribution < 1.29 is 19.4 Å². The lowest BCUT2D eigenvalue weighted by Crippen LogP contribution is -2.50. The van der Waals surface area contributed by atoms with Gasteiger partial charge in [-0.25, -0.2) is 10.9 Å². The number of nitrogens with one attached hydrogen (secondary N) is 2. The molecule has 5 rings (SSSR count). The van der Waals surface area contributed by atoms with Crippen LogP contribution >= 0.6 is 0 Å². The molecule has 4 heterocycles. The van der Waals surface area contributed by atoms with Crippen LogP contribution in [0.15, 0.2) is 24.3 Å². The smallest absolute Gasteiger partial charge is 0.241 e. The summed E-state index contributed by atoms with van der Waals surface area (Å²) in [5.41, 5.74) is 7.00. The molecule has 4 atom stereocenters. The van der Waals surface area contributed by atoms with Gasteiger partial charge in [0.05, 0.1) is 18.6 Å². The topological polar surface area (TPSA) is 94.1 Å². The number of methoxy groups -OCH3 is 1. The minimum Gasteiger partial charge on any atom is -0.508 e. The zero-order chi connectivity index (χ0) is 19.7. The first-order valence-corrected chi connectivity index (χ1v) is 9.95. The molecular weight excluding hydrogens is 360 g/mol. The summed E-state index contributed by atoms with van der Waals surface area (Å²) in [6, 6.07) is 6.73. The van der Waals surface area contributed by atoms with Gasteiger partial charge < -0.3 is 19.6 Å². The van der Waals surface area contributed by atoms with Gasteiger partial charge in [-0.05, 0) is 25.3 Å². The molecule has 4 fully saturated rings. The number of amides is 2. The van der Waals surface area contributed by atoms with Crippen molar-refractivity contribution >= 4 is 11.8 Å². The third kappa shape index (κ3) is 3.59. The normalized spacial score (nSPS) is 30.0. The first kappa shape index (κ1) is 19.2. The van der Waals surface area contributed by atoms with E-state index in [0.717, 1.165) is 18.4 Å². The van der Waals surface area contributed by atoms with Crippen LogP contribution < -0.4 is 10.9 Å². The number of ether oxygens (including phenoxy) is 1. The maximum Gasteiger partial charge on any atom is 0.241 e. The number of aromatic hydroxyl groups is 1. The van der Waals surface area contributed by atoms with E-state index in [1.807, 2.05) is 21.9 Å². The Morgan fingerprint density at radius 2 is 2.07 bits per heavy atom. The molecule has 0 spiro atoms. The molecule has 0 radical (unpaired) electrons. The predicted molar refractivity (Wildman–Crippen MR) is 102 cm³/mol. The highest BCUT2D eigenvalue weighted by Crippen LogP contribution is 2.32. The van der Waals surface area contributed by atoms with Crippen LogP contribution in [0.3, 0.4) is 0 Å². The summed E-state index contributed by atoms with van der Waals surface area (Å²) in [4.78, 5) is 29.7. The van der Waals surface area contributed by atoms with Crippen LogP contribution in [0.4, 0.5) is 0 Å². The van der Waals surface area contributed by atoms with Gasteiger partial charge in [-0.15, -0.1) is 0 Å². The minimum atomic E-state index is -0.371. The van der Waals surface area contributed by atoms with Gasteiger partial charge in [-0.1, -0.05) is 18.2 Å². The summed E-state index contributed by atoms with van der Waals surface area (Å²) >= 11 is 0. The number of fused-ring (bicyclic) bond motifs is 4. The summed E-state index contributed by atoms with van der Waals surface area (Å²) in [6.07, 6.45) is 2.33. The molecule has 8 heteroatoms. The number of nitrogens with zero attached hydrogens (tertiary/aromatic N) is 2. The third-order valence-corrected chi connectivity index (χ3v) is 6.15. The summed E-state index contributed by atoms with van der Waals surface area (Å²) in [5.74, 6) is 0.266. The van der Waals surface area contributed by atoms with Crippen LogP contribution in [0.25, 0.3) is 0 Å². The summed E-state index contributed by atoms with van der Waals surface area (Å²) in [6.45, 7) is 2.15. The highest BCUT2D eigenvalue weighted by atomic mass is 16.5. The van der Waals surface area contributed by atoms with Gasteiger partial charge in [-0.2, -0.15) is 0 Å². The molecule has 0 aliphatic carbocycles. The molecule has 4 aliphatic heterocycles. The van der Waals surface area contributed by atoms with Gasteiger partial charge in [0.15, 0.2) is 0 Å². The lowest BCUT2D eigenvalue weighted by molar-refractivity contribution is -0.140. The number of benzene rings is 1. The maximum absolute atomic E-state index is 13.2. The largest absolute Gasteiger partial charge is 0.508 e. The number of para-hydroxylation sites is 1. The lowest BCUT2D eigenvalue weighted by Gasteiger charge is -2.35. The summed E-state index contributed by atoms with van der Waals surface area (Å²) < 4.78 is 5.15. The van der Waals surface area contributed by atoms with E-state index in [1.54, 1.807) is 19.2 Å². The van der Waals surface area contributed by atoms with Gasteiger partial charge in [0.25, 0.3) is 0 Å². The zero-order valence-electron chi connectivity index (χ0n) is 16.1. The molecule has 2 amide bonds. The third-order valence-electron chi connectivity index (χ3n) is 6.15. The monoisotopic (exact) mass is 388 g/mol. The molecule has 1 aromatic rings. The van der Waals surface area contributed by atoms with Crippen molar-refractivity contribution in [2.45, 2.75) is 37.4 Å². The van der Waals surface area contributed by atoms with E-state index in [2.05, 4.69) is 10.9 Å². The maximum atomic E-state index is 13.2. The minimum absolute atomic E-state index is 0.0173. The number of rotatable bonds is 5. The fraction of sp³-hybridized carbons (Fsp3) is 0.600. The molecule has 0 aromatic heterocycles. The fourth-order valence-electron chi connectivity index (χ4n) is 4.63. The van der Waals surface area contributed by atoms with Crippen LogP contribution in [0, 0.1) is 5.92 Å². The summed E-state index contributed by atoms with van der Waals surface area (Å²) in [7, 11) is 1.64. The van der Waals surface area contributed by atoms with Gasteiger partial charge in [-0.3, -0.25) is 9.59 Å². The number of hydrogen-bond donors (Lipinski definition) is 3. The van der Waals surface area contributed by atoms with E-state index >= 15 is 0 Å². The predicted octanol–water partition coefficient (Wildman–Crippen LogP) is 0.396. The van der Waals surface area contributed by atoms with Crippen molar-refractivity contribution in [2.75, 3.05) is 33.4 Å². The molecule has 2 unspecified atom stereocenters. The van der Waals surface area contributed by atoms with E-state index in [0.29, 0.717) is 32.7 Å². The highest BCUT2D eigenvalue weighted by molar-refractivity contribution is 5.85. The molecule has 1 aromatic carbocycles. The molecule has 152 valence electrons. The number of piperidine rings is 1. The van der Waals surface area contributed by atoms with Gasteiger partial charge in [0.1, 0.15) is 11.8 Å². The van der Waals surface area contributed by atoms with Crippen molar-refractivity contribution in [3.05, 3.63) is 29.8 Å². The Morgan fingerprint density at radius 1 is 1.25 bits per heavy atom.